The largest absolute Gasteiger partial charge is 0.484 e. The van der Waals surface area contributed by atoms with Crippen molar-refractivity contribution in [1.82, 2.24) is 0 Å². The number of nitrogens with one attached hydrogen (secondary N) is 1. The van der Waals surface area contributed by atoms with E-state index in [2.05, 4.69) is 19.2 Å². The molecule has 0 unspecified atom stereocenters. The number of benzene rings is 2. The molecule has 2 aromatic carbocycles. The average molecular weight is 329 g/mol. The number of rotatable bonds is 5. The molecular formula is C18H17ClN2O2. The third kappa shape index (κ3) is 4.73. The second-order valence-corrected chi connectivity index (χ2v) is 5.78. The minimum atomic E-state index is -0.291. The summed E-state index contributed by atoms with van der Waals surface area (Å²) in [6.45, 7) is 4.10. The van der Waals surface area contributed by atoms with Crippen molar-refractivity contribution in [1.29, 1.82) is 5.26 Å². The van der Waals surface area contributed by atoms with E-state index in [4.69, 9.17) is 21.6 Å². The zero-order valence-electron chi connectivity index (χ0n) is 13.0. The van der Waals surface area contributed by atoms with E-state index in [1.165, 1.54) is 6.07 Å². The highest BCUT2D eigenvalue weighted by molar-refractivity contribution is 6.32. The maximum absolute atomic E-state index is 11.9. The van der Waals surface area contributed by atoms with E-state index in [-0.39, 0.29) is 12.5 Å². The van der Waals surface area contributed by atoms with Crippen LogP contribution in [0.2, 0.25) is 5.02 Å². The van der Waals surface area contributed by atoms with Gasteiger partial charge in [0, 0.05) is 5.69 Å². The Labute approximate surface area is 140 Å². The van der Waals surface area contributed by atoms with Gasteiger partial charge in [0.1, 0.15) is 11.8 Å². The van der Waals surface area contributed by atoms with Gasteiger partial charge in [-0.15, -0.1) is 0 Å². The quantitative estimate of drug-likeness (QED) is 0.887. The molecule has 118 valence electrons. The van der Waals surface area contributed by atoms with E-state index in [0.717, 1.165) is 5.56 Å². The van der Waals surface area contributed by atoms with E-state index >= 15 is 0 Å². The summed E-state index contributed by atoms with van der Waals surface area (Å²) in [6.07, 6.45) is 0. The first-order chi connectivity index (χ1) is 11.0. The molecule has 0 aliphatic rings. The van der Waals surface area contributed by atoms with Crippen molar-refractivity contribution in [3.8, 4) is 11.8 Å². The lowest BCUT2D eigenvalue weighted by Gasteiger charge is -2.10. The lowest BCUT2D eigenvalue weighted by molar-refractivity contribution is -0.118. The fourth-order valence-electron chi connectivity index (χ4n) is 1.99. The molecule has 0 saturated carbocycles. The molecule has 0 spiro atoms. The van der Waals surface area contributed by atoms with Gasteiger partial charge in [-0.25, -0.2) is 0 Å². The van der Waals surface area contributed by atoms with Crippen LogP contribution >= 0.6 is 11.6 Å². The molecule has 0 fully saturated rings. The number of carbonyl (C=O) groups is 1. The van der Waals surface area contributed by atoms with Gasteiger partial charge < -0.3 is 10.1 Å². The first-order valence-corrected chi connectivity index (χ1v) is 7.59. The van der Waals surface area contributed by atoms with Crippen molar-refractivity contribution in [2.45, 2.75) is 19.8 Å². The maximum Gasteiger partial charge on any atom is 0.262 e. The zero-order chi connectivity index (χ0) is 16.8. The highest BCUT2D eigenvalue weighted by Crippen LogP contribution is 2.21. The summed E-state index contributed by atoms with van der Waals surface area (Å²) < 4.78 is 5.51. The van der Waals surface area contributed by atoms with Gasteiger partial charge in [0.15, 0.2) is 6.61 Å². The number of hydrogen-bond acceptors (Lipinski definition) is 3. The number of halogens is 1. The van der Waals surface area contributed by atoms with Gasteiger partial charge >= 0.3 is 0 Å². The third-order valence-corrected chi connectivity index (χ3v) is 3.58. The van der Waals surface area contributed by atoms with Crippen molar-refractivity contribution < 1.29 is 9.53 Å². The maximum atomic E-state index is 11.9. The van der Waals surface area contributed by atoms with Gasteiger partial charge in [-0.2, -0.15) is 5.26 Å². The van der Waals surface area contributed by atoms with Crippen LogP contribution < -0.4 is 10.1 Å². The van der Waals surface area contributed by atoms with Crippen molar-refractivity contribution >= 4 is 23.2 Å². The van der Waals surface area contributed by atoms with E-state index in [9.17, 15) is 4.79 Å². The Bertz CT molecular complexity index is 751. The molecule has 0 aliphatic carbocycles. The van der Waals surface area contributed by atoms with Crippen molar-refractivity contribution in [2.75, 3.05) is 11.9 Å². The molecular weight excluding hydrogens is 312 g/mol. The number of hydrogen-bond donors (Lipinski definition) is 1. The number of ether oxygens (including phenoxy) is 1. The molecule has 0 heterocycles. The Morgan fingerprint density at radius 2 is 2.09 bits per heavy atom. The van der Waals surface area contributed by atoms with Crippen molar-refractivity contribution in [3.05, 3.63) is 58.6 Å². The first-order valence-electron chi connectivity index (χ1n) is 7.22. The van der Waals surface area contributed by atoms with Crippen LogP contribution in [0.25, 0.3) is 0 Å². The van der Waals surface area contributed by atoms with Crippen LogP contribution in [0.5, 0.6) is 5.75 Å². The van der Waals surface area contributed by atoms with Crippen LogP contribution in [0.4, 0.5) is 5.69 Å². The average Bonchev–Trinajstić information content (AvgIpc) is 2.53. The minimum absolute atomic E-state index is 0.0980. The Morgan fingerprint density at radius 3 is 2.74 bits per heavy atom. The van der Waals surface area contributed by atoms with Crippen LogP contribution in [-0.2, 0) is 4.79 Å². The Kier molecular flexibility index (Phi) is 5.61. The number of nitriles is 1. The molecule has 0 radical (unpaired) electrons. The van der Waals surface area contributed by atoms with Crippen LogP contribution in [0.1, 0.15) is 30.9 Å². The standard InChI is InChI=1S/C18H17ClN2O2/c1-12(2)13-4-3-5-16(8-13)23-11-18(22)21-15-7-6-14(10-20)17(19)9-15/h3-9,12H,11H2,1-2H3,(H,21,22). The Hall–Kier alpha value is -2.51. The van der Waals surface area contributed by atoms with Gasteiger partial charge in [0.25, 0.3) is 5.91 Å². The molecule has 5 heteroatoms. The van der Waals surface area contributed by atoms with Crippen LogP contribution in [-0.4, -0.2) is 12.5 Å². The van der Waals surface area contributed by atoms with Crippen LogP contribution in [0, 0.1) is 11.3 Å². The number of anilines is 1. The summed E-state index contributed by atoms with van der Waals surface area (Å²) in [7, 11) is 0. The lowest BCUT2D eigenvalue weighted by Crippen LogP contribution is -2.20. The SMILES string of the molecule is CC(C)c1cccc(OCC(=O)Nc2ccc(C#N)c(Cl)c2)c1. The number of amides is 1. The van der Waals surface area contributed by atoms with E-state index in [0.29, 0.717) is 27.9 Å². The van der Waals surface area contributed by atoms with Gasteiger partial charge in [0.05, 0.1) is 10.6 Å². The monoisotopic (exact) mass is 328 g/mol. The predicted octanol–water partition coefficient (Wildman–Crippen LogP) is 4.35. The number of carbonyl (C=O) groups excluding carboxylic acids is 1. The molecule has 0 aromatic heterocycles. The molecule has 2 aromatic rings. The zero-order valence-corrected chi connectivity index (χ0v) is 13.7. The molecule has 2 rings (SSSR count). The molecule has 4 nitrogen and oxygen atoms in total. The summed E-state index contributed by atoms with van der Waals surface area (Å²) in [5, 5.41) is 11.8. The molecule has 0 bridgehead atoms. The topological polar surface area (TPSA) is 62.1 Å². The van der Waals surface area contributed by atoms with Crippen molar-refractivity contribution in [2.24, 2.45) is 0 Å². The smallest absolute Gasteiger partial charge is 0.262 e. The minimum Gasteiger partial charge on any atom is -0.484 e. The van der Waals surface area contributed by atoms with Gasteiger partial charge in [-0.05, 0) is 41.8 Å². The van der Waals surface area contributed by atoms with E-state index in [1.54, 1.807) is 12.1 Å². The van der Waals surface area contributed by atoms with Crippen LogP contribution in [0.15, 0.2) is 42.5 Å². The first kappa shape index (κ1) is 16.9. The van der Waals surface area contributed by atoms with Gasteiger partial charge in [0.2, 0.25) is 0 Å². The summed E-state index contributed by atoms with van der Waals surface area (Å²) in [4.78, 5) is 11.9. The molecule has 23 heavy (non-hydrogen) atoms. The fourth-order valence-corrected chi connectivity index (χ4v) is 2.22. The summed E-state index contributed by atoms with van der Waals surface area (Å²) in [5.41, 5.74) is 2.05. The fraction of sp³-hybridized carbons (Fsp3) is 0.222. The highest BCUT2D eigenvalue weighted by Gasteiger charge is 2.07. The lowest BCUT2D eigenvalue weighted by atomic mass is 10.0. The Morgan fingerprint density at radius 1 is 1.30 bits per heavy atom. The second kappa shape index (κ2) is 7.66. The van der Waals surface area contributed by atoms with Gasteiger partial charge in [-0.3, -0.25) is 4.79 Å². The predicted molar refractivity (Wildman–Crippen MR) is 90.8 cm³/mol. The highest BCUT2D eigenvalue weighted by atomic mass is 35.5. The van der Waals surface area contributed by atoms with Gasteiger partial charge in [-0.1, -0.05) is 37.6 Å². The van der Waals surface area contributed by atoms with Crippen LogP contribution in [0.3, 0.4) is 0 Å². The third-order valence-electron chi connectivity index (χ3n) is 3.27. The molecule has 0 saturated heterocycles. The van der Waals surface area contributed by atoms with E-state index in [1.807, 2.05) is 30.3 Å². The summed E-state index contributed by atoms with van der Waals surface area (Å²) in [6, 6.07) is 14.4. The molecule has 0 atom stereocenters. The molecule has 1 N–H and O–H groups in total. The summed E-state index contributed by atoms with van der Waals surface area (Å²) in [5.74, 6) is 0.762. The second-order valence-electron chi connectivity index (χ2n) is 5.37. The molecule has 1 amide bonds. The normalized spacial score (nSPS) is 10.2. The molecule has 0 aliphatic heterocycles. The summed E-state index contributed by atoms with van der Waals surface area (Å²) >= 11 is 5.93. The Balaban J connectivity index is 1.94. The number of nitrogens with zero attached hydrogens (tertiary/aromatic N) is 1. The van der Waals surface area contributed by atoms with Crippen molar-refractivity contribution in [3.63, 3.8) is 0 Å². The van der Waals surface area contributed by atoms with E-state index < -0.39 is 0 Å².